The van der Waals surface area contributed by atoms with Crippen molar-refractivity contribution in [1.29, 1.82) is 0 Å². The molecule has 1 atom stereocenters. The summed E-state index contributed by atoms with van der Waals surface area (Å²) in [4.78, 5) is 7.88. The number of aliphatic hydroxyl groups is 1. The lowest BCUT2D eigenvalue weighted by Crippen LogP contribution is -2.06. The Kier molecular flexibility index (Phi) is 10.3. The van der Waals surface area contributed by atoms with Crippen LogP contribution in [0.25, 0.3) is 11.1 Å². The normalized spacial score (nSPS) is 12.3. The van der Waals surface area contributed by atoms with Crippen molar-refractivity contribution in [2.24, 2.45) is 0 Å². The summed E-state index contributed by atoms with van der Waals surface area (Å²) in [6, 6.07) is 27.2. The summed E-state index contributed by atoms with van der Waals surface area (Å²) < 4.78 is 80.6. The number of hydrogen-bond donors (Lipinski definition) is 1. The largest absolute Gasteiger partial charge is 0.416 e. The molecule has 0 aliphatic carbocycles. The van der Waals surface area contributed by atoms with E-state index in [2.05, 4.69) is 22.1 Å². The van der Waals surface area contributed by atoms with Gasteiger partial charge >= 0.3 is 12.4 Å². The van der Waals surface area contributed by atoms with E-state index in [1.54, 1.807) is 12.4 Å². The minimum absolute atomic E-state index is 0.125. The van der Waals surface area contributed by atoms with Crippen molar-refractivity contribution in [1.82, 2.24) is 9.97 Å². The third-order valence-electron chi connectivity index (χ3n) is 6.25. The van der Waals surface area contributed by atoms with E-state index in [0.717, 1.165) is 41.0 Å². The number of ether oxygens (including phenoxy) is 1. The van der Waals surface area contributed by atoms with Crippen molar-refractivity contribution in [2.45, 2.75) is 31.7 Å². The van der Waals surface area contributed by atoms with Gasteiger partial charge in [-0.1, -0.05) is 72.8 Å². The zero-order valence-electron chi connectivity index (χ0n) is 22.6. The van der Waals surface area contributed by atoms with Crippen LogP contribution in [0.1, 0.15) is 39.5 Å². The molecule has 43 heavy (non-hydrogen) atoms. The highest BCUT2D eigenvalue weighted by atomic mass is 19.4. The summed E-state index contributed by atoms with van der Waals surface area (Å²) in [5.41, 5.74) is 2.75. The number of rotatable bonds is 7. The average molecular weight is 597 g/mol. The van der Waals surface area contributed by atoms with Gasteiger partial charge in [-0.15, -0.1) is 0 Å². The van der Waals surface area contributed by atoms with Crippen LogP contribution in [0.15, 0.2) is 122 Å². The molecule has 4 aromatic carbocycles. The van der Waals surface area contributed by atoms with E-state index in [-0.39, 0.29) is 13.2 Å². The molecule has 0 saturated carbocycles. The molecule has 4 nitrogen and oxygen atoms in total. The number of benzene rings is 4. The minimum atomic E-state index is -4.45. The maximum atomic E-state index is 12.6. The Balaban J connectivity index is 0.000000198. The Morgan fingerprint density at radius 3 is 1.63 bits per heavy atom. The first-order chi connectivity index (χ1) is 20.5. The zero-order valence-corrected chi connectivity index (χ0v) is 22.6. The molecule has 1 heterocycles. The molecular formula is C33H26F6N2O2. The number of aliphatic hydroxyl groups excluding tert-OH is 1. The Morgan fingerprint density at radius 2 is 1.09 bits per heavy atom. The van der Waals surface area contributed by atoms with Gasteiger partial charge in [-0.3, -0.25) is 0 Å². The van der Waals surface area contributed by atoms with Gasteiger partial charge < -0.3 is 9.84 Å². The summed E-state index contributed by atoms with van der Waals surface area (Å²) >= 11 is 0. The van der Waals surface area contributed by atoms with E-state index >= 15 is 0 Å². The third kappa shape index (κ3) is 9.22. The first kappa shape index (κ1) is 31.4. The van der Waals surface area contributed by atoms with E-state index < -0.39 is 29.6 Å². The average Bonchev–Trinajstić information content (AvgIpc) is 3.01. The first-order valence-corrected chi connectivity index (χ1v) is 13.0. The highest BCUT2D eigenvalue weighted by Gasteiger charge is 2.31. The highest BCUT2D eigenvalue weighted by molar-refractivity contribution is 5.64. The number of aromatic nitrogens is 2. The van der Waals surface area contributed by atoms with Crippen LogP contribution in [0.4, 0.5) is 26.3 Å². The zero-order chi connectivity index (χ0) is 30.9. The molecule has 0 saturated heterocycles. The van der Waals surface area contributed by atoms with Crippen molar-refractivity contribution < 1.29 is 36.2 Å². The Hall–Kier alpha value is -4.54. The van der Waals surface area contributed by atoms with Gasteiger partial charge in [0.1, 0.15) is 12.4 Å². The summed E-state index contributed by atoms with van der Waals surface area (Å²) in [5.74, 6) is 0. The topological polar surface area (TPSA) is 55.2 Å². The second-order valence-corrected chi connectivity index (χ2v) is 9.45. The standard InChI is InChI=1S/C17H14N2O.C16H12F6O/c20-17(16-10-18-12-19-11-16)15-8-4-7-14(9-15)13-5-2-1-3-6-13;17-15(18,19)13-5-1-3-11(7-13)9-23-10-12-4-2-6-14(8-12)16(20,21)22/h1-12,17,20H;1-8H,9-10H2. The first-order valence-electron chi connectivity index (χ1n) is 13.0. The molecule has 0 aliphatic rings. The van der Waals surface area contributed by atoms with Crippen LogP contribution in [-0.2, 0) is 30.3 Å². The van der Waals surface area contributed by atoms with Crippen LogP contribution in [-0.4, -0.2) is 15.1 Å². The molecular weight excluding hydrogens is 570 g/mol. The van der Waals surface area contributed by atoms with Crippen LogP contribution in [0.3, 0.4) is 0 Å². The van der Waals surface area contributed by atoms with Gasteiger partial charge in [0.15, 0.2) is 0 Å². The molecule has 1 unspecified atom stereocenters. The van der Waals surface area contributed by atoms with Crippen LogP contribution >= 0.6 is 0 Å². The van der Waals surface area contributed by atoms with Crippen LogP contribution in [0, 0.1) is 0 Å². The molecule has 10 heteroatoms. The summed E-state index contributed by atoms with van der Waals surface area (Å²) in [5, 5.41) is 10.4. The second-order valence-electron chi connectivity index (χ2n) is 9.45. The Bertz CT molecular complexity index is 1540. The van der Waals surface area contributed by atoms with Gasteiger partial charge in [0.25, 0.3) is 0 Å². The van der Waals surface area contributed by atoms with E-state index in [0.29, 0.717) is 16.7 Å². The molecule has 0 fully saturated rings. The van der Waals surface area contributed by atoms with E-state index in [1.807, 2.05) is 42.5 Å². The van der Waals surface area contributed by atoms with E-state index in [1.165, 1.54) is 30.6 Å². The summed E-state index contributed by atoms with van der Waals surface area (Å²) in [7, 11) is 0. The maximum Gasteiger partial charge on any atom is 0.416 e. The number of alkyl halides is 6. The molecule has 222 valence electrons. The van der Waals surface area contributed by atoms with Gasteiger partial charge in [0, 0.05) is 18.0 Å². The van der Waals surface area contributed by atoms with E-state index in [9.17, 15) is 31.4 Å². The molecule has 0 aliphatic heterocycles. The molecule has 1 N–H and O–H groups in total. The monoisotopic (exact) mass is 596 g/mol. The lowest BCUT2D eigenvalue weighted by molar-refractivity contribution is -0.138. The maximum absolute atomic E-state index is 12.6. The van der Waals surface area contributed by atoms with Gasteiger partial charge in [0.2, 0.25) is 0 Å². The van der Waals surface area contributed by atoms with Gasteiger partial charge in [-0.2, -0.15) is 26.3 Å². The van der Waals surface area contributed by atoms with Crippen molar-refractivity contribution >= 4 is 0 Å². The van der Waals surface area contributed by atoms with Crippen molar-refractivity contribution in [3.63, 3.8) is 0 Å². The summed E-state index contributed by atoms with van der Waals surface area (Å²) in [6.45, 7) is -0.250. The molecule has 0 spiro atoms. The van der Waals surface area contributed by atoms with Crippen molar-refractivity contribution in [2.75, 3.05) is 0 Å². The number of nitrogens with zero attached hydrogens (tertiary/aromatic N) is 2. The predicted octanol–water partition coefficient (Wildman–Crippen LogP) is 8.67. The fourth-order valence-corrected chi connectivity index (χ4v) is 4.12. The number of halogens is 6. The molecule has 1 aromatic heterocycles. The van der Waals surface area contributed by atoms with Gasteiger partial charge in [0.05, 0.1) is 24.3 Å². The molecule has 0 radical (unpaired) electrons. The van der Waals surface area contributed by atoms with E-state index in [4.69, 9.17) is 4.74 Å². The fourth-order valence-electron chi connectivity index (χ4n) is 4.12. The molecule has 5 aromatic rings. The van der Waals surface area contributed by atoms with Crippen LogP contribution < -0.4 is 0 Å². The molecule has 5 rings (SSSR count). The third-order valence-corrected chi connectivity index (χ3v) is 6.25. The van der Waals surface area contributed by atoms with Gasteiger partial charge in [-0.25, -0.2) is 9.97 Å². The smallest absolute Gasteiger partial charge is 0.384 e. The van der Waals surface area contributed by atoms with Crippen molar-refractivity contribution in [3.05, 3.63) is 155 Å². The van der Waals surface area contributed by atoms with Crippen molar-refractivity contribution in [3.8, 4) is 11.1 Å². The second kappa shape index (κ2) is 14.1. The minimum Gasteiger partial charge on any atom is -0.384 e. The SMILES string of the molecule is FC(F)(F)c1cccc(COCc2cccc(C(F)(F)F)c2)c1.OC(c1cncnc1)c1cccc(-c2ccccc2)c1. The highest BCUT2D eigenvalue weighted by Crippen LogP contribution is 2.31. The predicted molar refractivity (Wildman–Crippen MR) is 149 cm³/mol. The Morgan fingerprint density at radius 1 is 0.581 bits per heavy atom. The Labute approximate surface area is 244 Å². The van der Waals surface area contributed by atoms with Gasteiger partial charge in [-0.05, 0) is 58.1 Å². The quantitative estimate of drug-likeness (QED) is 0.191. The lowest BCUT2D eigenvalue weighted by Gasteiger charge is -2.12. The number of hydrogen-bond acceptors (Lipinski definition) is 4. The lowest BCUT2D eigenvalue weighted by atomic mass is 9.98. The summed E-state index contributed by atoms with van der Waals surface area (Å²) in [6.07, 6.45) is -4.88. The van der Waals surface area contributed by atoms with Crippen LogP contribution in [0.2, 0.25) is 0 Å². The molecule has 0 bridgehead atoms. The van der Waals surface area contributed by atoms with Crippen LogP contribution in [0.5, 0.6) is 0 Å². The molecule has 0 amide bonds. The fraction of sp³-hybridized carbons (Fsp3) is 0.152.